The second-order valence-electron chi connectivity index (χ2n) is 5.84. The SMILES string of the molecule is CCCN1C(=O)c2cc(Cl)nnc2N(C2CC2)c2cc(Cl)nnc21. The van der Waals surface area contributed by atoms with Gasteiger partial charge in [-0.15, -0.1) is 20.4 Å². The van der Waals surface area contributed by atoms with Gasteiger partial charge >= 0.3 is 0 Å². The second kappa shape index (κ2) is 5.82. The molecule has 0 saturated heterocycles. The minimum atomic E-state index is -0.204. The lowest BCUT2D eigenvalue weighted by molar-refractivity contribution is 0.0987. The highest BCUT2D eigenvalue weighted by Gasteiger charge is 2.40. The van der Waals surface area contributed by atoms with E-state index in [0.717, 1.165) is 24.9 Å². The normalized spacial score (nSPS) is 16.7. The summed E-state index contributed by atoms with van der Waals surface area (Å²) < 4.78 is 0. The maximum atomic E-state index is 13.1. The van der Waals surface area contributed by atoms with E-state index in [2.05, 4.69) is 20.4 Å². The summed E-state index contributed by atoms with van der Waals surface area (Å²) in [6.45, 7) is 2.51. The molecule has 0 N–H and O–H groups in total. The molecule has 0 radical (unpaired) electrons. The number of halogens is 2. The summed E-state index contributed by atoms with van der Waals surface area (Å²) in [5, 5.41) is 16.7. The van der Waals surface area contributed by atoms with Gasteiger partial charge < -0.3 is 4.90 Å². The van der Waals surface area contributed by atoms with Crippen molar-refractivity contribution in [1.82, 2.24) is 20.4 Å². The van der Waals surface area contributed by atoms with E-state index < -0.39 is 0 Å². The van der Waals surface area contributed by atoms with Crippen molar-refractivity contribution in [3.05, 3.63) is 28.0 Å². The lowest BCUT2D eigenvalue weighted by Gasteiger charge is -2.24. The average molecular weight is 365 g/mol. The maximum absolute atomic E-state index is 13.1. The number of rotatable bonds is 3. The standard InChI is InChI=1S/C15H14Cl2N6O/c1-2-5-22-14-10(7-12(17)19-21-14)23(8-3-4-8)13-9(15(22)24)6-11(16)18-20-13/h6-8H,2-5H2,1H3. The maximum Gasteiger partial charge on any atom is 0.263 e. The minimum Gasteiger partial charge on any atom is -0.318 e. The van der Waals surface area contributed by atoms with Crippen molar-refractivity contribution in [3.8, 4) is 0 Å². The monoisotopic (exact) mass is 364 g/mol. The van der Waals surface area contributed by atoms with Crippen LogP contribution < -0.4 is 9.80 Å². The summed E-state index contributed by atoms with van der Waals surface area (Å²) in [6.07, 6.45) is 2.79. The molecule has 1 fully saturated rings. The predicted octanol–water partition coefficient (Wildman–Crippen LogP) is 3.24. The predicted molar refractivity (Wildman–Crippen MR) is 91.2 cm³/mol. The van der Waals surface area contributed by atoms with Gasteiger partial charge in [0, 0.05) is 18.7 Å². The first kappa shape index (κ1) is 15.5. The Balaban J connectivity index is 2.00. The first-order valence-electron chi connectivity index (χ1n) is 7.77. The number of hydrogen-bond donors (Lipinski definition) is 0. The molecule has 0 bridgehead atoms. The Bertz CT molecular complexity index is 826. The van der Waals surface area contributed by atoms with Crippen molar-refractivity contribution in [2.24, 2.45) is 0 Å². The molecule has 124 valence electrons. The average Bonchev–Trinajstić information content (AvgIpc) is 3.39. The largest absolute Gasteiger partial charge is 0.318 e. The zero-order valence-electron chi connectivity index (χ0n) is 12.9. The van der Waals surface area contributed by atoms with Gasteiger partial charge in [-0.3, -0.25) is 9.69 Å². The Hall–Kier alpha value is -1.99. The van der Waals surface area contributed by atoms with Crippen LogP contribution in [0.25, 0.3) is 0 Å². The highest BCUT2D eigenvalue weighted by atomic mass is 35.5. The lowest BCUT2D eigenvalue weighted by atomic mass is 10.2. The van der Waals surface area contributed by atoms with E-state index >= 15 is 0 Å². The van der Waals surface area contributed by atoms with Crippen LogP contribution in [-0.4, -0.2) is 38.9 Å². The number of fused-ring (bicyclic) bond motifs is 2. The Morgan fingerprint density at radius 3 is 2.42 bits per heavy atom. The Kier molecular flexibility index (Phi) is 3.77. The smallest absolute Gasteiger partial charge is 0.263 e. The topological polar surface area (TPSA) is 75.1 Å². The summed E-state index contributed by atoms with van der Waals surface area (Å²) in [5.74, 6) is 0.785. The van der Waals surface area contributed by atoms with Crippen LogP contribution >= 0.6 is 23.2 Å². The van der Waals surface area contributed by atoms with Gasteiger partial charge in [0.1, 0.15) is 0 Å². The summed E-state index contributed by atoms with van der Waals surface area (Å²) in [6, 6.07) is 3.53. The van der Waals surface area contributed by atoms with Gasteiger partial charge in [-0.05, 0) is 25.3 Å². The first-order valence-corrected chi connectivity index (χ1v) is 8.53. The molecule has 9 heteroatoms. The quantitative estimate of drug-likeness (QED) is 0.831. The molecule has 0 unspecified atom stereocenters. The number of carbonyl (C=O) groups is 1. The summed E-state index contributed by atoms with van der Waals surface area (Å²) in [4.78, 5) is 16.7. The van der Waals surface area contributed by atoms with Gasteiger partial charge in [0.25, 0.3) is 5.91 Å². The molecule has 4 rings (SSSR count). The fraction of sp³-hybridized carbons (Fsp3) is 0.400. The molecular formula is C15H14Cl2N6O. The second-order valence-corrected chi connectivity index (χ2v) is 6.61. The molecule has 2 aliphatic rings. The third-order valence-electron chi connectivity index (χ3n) is 4.05. The highest BCUT2D eigenvalue weighted by molar-refractivity contribution is 6.30. The molecule has 1 aliphatic carbocycles. The van der Waals surface area contributed by atoms with Crippen molar-refractivity contribution in [2.45, 2.75) is 32.2 Å². The summed E-state index contributed by atoms with van der Waals surface area (Å²) in [7, 11) is 0. The van der Waals surface area contributed by atoms with E-state index in [1.807, 2.05) is 11.8 Å². The Morgan fingerprint density at radius 1 is 1.08 bits per heavy atom. The van der Waals surface area contributed by atoms with Crippen molar-refractivity contribution >= 4 is 46.4 Å². The molecule has 0 spiro atoms. The van der Waals surface area contributed by atoms with Gasteiger partial charge in [-0.25, -0.2) is 0 Å². The minimum absolute atomic E-state index is 0.185. The molecule has 1 saturated carbocycles. The van der Waals surface area contributed by atoms with E-state index in [1.54, 1.807) is 17.0 Å². The fourth-order valence-corrected chi connectivity index (χ4v) is 3.20. The molecule has 0 atom stereocenters. The van der Waals surface area contributed by atoms with E-state index in [0.29, 0.717) is 23.7 Å². The van der Waals surface area contributed by atoms with Crippen molar-refractivity contribution in [3.63, 3.8) is 0 Å². The fourth-order valence-electron chi connectivity index (χ4n) is 2.91. The number of aromatic nitrogens is 4. The van der Waals surface area contributed by atoms with Crippen LogP contribution in [0.1, 0.15) is 36.5 Å². The van der Waals surface area contributed by atoms with Gasteiger partial charge in [-0.2, -0.15) is 0 Å². The van der Waals surface area contributed by atoms with Gasteiger partial charge in [0.05, 0.1) is 11.3 Å². The van der Waals surface area contributed by atoms with E-state index in [-0.39, 0.29) is 22.3 Å². The molecule has 24 heavy (non-hydrogen) atoms. The van der Waals surface area contributed by atoms with Crippen molar-refractivity contribution < 1.29 is 4.79 Å². The number of amides is 1. The van der Waals surface area contributed by atoms with Gasteiger partial charge in [0.2, 0.25) is 0 Å². The lowest BCUT2D eigenvalue weighted by Crippen LogP contribution is -2.32. The van der Waals surface area contributed by atoms with Crippen LogP contribution in [-0.2, 0) is 0 Å². The number of hydrogen-bond acceptors (Lipinski definition) is 6. The molecule has 3 heterocycles. The molecule has 2 aromatic rings. The number of nitrogens with zero attached hydrogens (tertiary/aromatic N) is 6. The van der Waals surface area contributed by atoms with Crippen LogP contribution in [0.15, 0.2) is 12.1 Å². The van der Waals surface area contributed by atoms with Crippen LogP contribution in [0.2, 0.25) is 10.3 Å². The van der Waals surface area contributed by atoms with E-state index in [1.165, 1.54) is 0 Å². The summed E-state index contributed by atoms with van der Waals surface area (Å²) in [5.41, 5.74) is 1.15. The Labute approximate surface area is 148 Å². The summed E-state index contributed by atoms with van der Waals surface area (Å²) >= 11 is 12.1. The molecule has 7 nitrogen and oxygen atoms in total. The molecule has 1 amide bonds. The molecule has 0 aromatic carbocycles. The molecule has 2 aromatic heterocycles. The van der Waals surface area contributed by atoms with E-state index in [9.17, 15) is 4.79 Å². The number of anilines is 3. The van der Waals surface area contributed by atoms with Gasteiger partial charge in [0.15, 0.2) is 21.9 Å². The first-order chi connectivity index (χ1) is 11.6. The third kappa shape index (κ3) is 2.48. The molecular weight excluding hydrogens is 351 g/mol. The van der Waals surface area contributed by atoms with Crippen LogP contribution in [0.3, 0.4) is 0 Å². The Morgan fingerprint density at radius 2 is 1.75 bits per heavy atom. The van der Waals surface area contributed by atoms with Crippen molar-refractivity contribution in [2.75, 3.05) is 16.3 Å². The third-order valence-corrected chi connectivity index (χ3v) is 4.42. The van der Waals surface area contributed by atoms with Crippen LogP contribution in [0.5, 0.6) is 0 Å². The zero-order valence-corrected chi connectivity index (χ0v) is 14.4. The van der Waals surface area contributed by atoms with Crippen LogP contribution in [0.4, 0.5) is 17.3 Å². The van der Waals surface area contributed by atoms with E-state index in [4.69, 9.17) is 23.2 Å². The zero-order chi connectivity index (χ0) is 16.8. The molecule has 1 aliphatic heterocycles. The van der Waals surface area contributed by atoms with Crippen LogP contribution in [0, 0.1) is 0 Å². The highest BCUT2D eigenvalue weighted by Crippen LogP contribution is 2.45. The van der Waals surface area contributed by atoms with Crippen molar-refractivity contribution in [1.29, 1.82) is 0 Å². The number of carbonyl (C=O) groups excluding carboxylic acids is 1. The van der Waals surface area contributed by atoms with Gasteiger partial charge in [-0.1, -0.05) is 30.1 Å².